The summed E-state index contributed by atoms with van der Waals surface area (Å²) in [5.41, 5.74) is 0.711. The van der Waals surface area contributed by atoms with E-state index in [2.05, 4.69) is 36.7 Å². The maximum atomic E-state index is 12.3. The minimum Gasteiger partial charge on any atom is -0.495 e. The van der Waals surface area contributed by atoms with Crippen molar-refractivity contribution in [1.29, 1.82) is 0 Å². The first kappa shape index (κ1) is 15.5. The predicted molar refractivity (Wildman–Crippen MR) is 79.1 cm³/mol. The number of hydrogen-bond acceptors (Lipinski definition) is 2. The second kappa shape index (κ2) is 6.07. The summed E-state index contributed by atoms with van der Waals surface area (Å²) in [5.74, 6) is 0.581. The Morgan fingerprint density at radius 1 is 1.44 bits per heavy atom. The Bertz CT molecular complexity index is 438. The Balaban J connectivity index is 2.90. The molecule has 0 N–H and O–H groups in total. The van der Waals surface area contributed by atoms with Gasteiger partial charge in [0, 0.05) is 5.56 Å². The number of benzene rings is 1. The highest BCUT2D eigenvalue weighted by Crippen LogP contribution is 2.30. The third-order valence-corrected chi connectivity index (χ3v) is 3.56. The van der Waals surface area contributed by atoms with Crippen molar-refractivity contribution in [2.75, 3.05) is 7.11 Å². The van der Waals surface area contributed by atoms with Crippen LogP contribution < -0.4 is 4.74 Å². The van der Waals surface area contributed by atoms with Crippen molar-refractivity contribution in [1.82, 2.24) is 0 Å². The monoisotopic (exact) mass is 332 g/mol. The molecule has 4 heteroatoms. The fourth-order valence-corrected chi connectivity index (χ4v) is 3.05. The topological polar surface area (TPSA) is 26.3 Å². The van der Waals surface area contributed by atoms with Gasteiger partial charge in [0.15, 0.2) is 5.78 Å². The molecule has 0 radical (unpaired) electrons. The Hall–Kier alpha value is -0.540. The molecular formula is C14H18BrClO2. The van der Waals surface area contributed by atoms with Gasteiger partial charge in [0.25, 0.3) is 0 Å². The summed E-state index contributed by atoms with van der Waals surface area (Å²) >= 11 is 9.40. The molecule has 0 saturated carbocycles. The number of rotatable bonds is 4. The highest BCUT2D eigenvalue weighted by atomic mass is 79.9. The normalized spacial score (nSPS) is 13.2. The molecule has 0 saturated heterocycles. The maximum Gasteiger partial charge on any atom is 0.176 e. The van der Waals surface area contributed by atoms with Crippen LogP contribution in [0.3, 0.4) is 0 Å². The van der Waals surface area contributed by atoms with Gasteiger partial charge >= 0.3 is 0 Å². The van der Waals surface area contributed by atoms with Gasteiger partial charge in [0.2, 0.25) is 0 Å². The fourth-order valence-electron chi connectivity index (χ4n) is 1.62. The molecule has 2 nitrogen and oxygen atoms in total. The van der Waals surface area contributed by atoms with Crippen LogP contribution in [0.25, 0.3) is 0 Å². The van der Waals surface area contributed by atoms with Crippen LogP contribution in [-0.2, 0) is 0 Å². The maximum absolute atomic E-state index is 12.3. The van der Waals surface area contributed by atoms with Crippen molar-refractivity contribution < 1.29 is 9.53 Å². The van der Waals surface area contributed by atoms with E-state index in [0.717, 1.165) is 6.42 Å². The Morgan fingerprint density at radius 3 is 2.56 bits per heavy atom. The Kier molecular flexibility index (Phi) is 5.23. The lowest BCUT2D eigenvalue weighted by atomic mass is 9.88. The van der Waals surface area contributed by atoms with Crippen LogP contribution in [0.1, 0.15) is 37.6 Å². The summed E-state index contributed by atoms with van der Waals surface area (Å²) in [5, 5.41) is 0.510. The average molecular weight is 334 g/mol. The van der Waals surface area contributed by atoms with E-state index >= 15 is 0 Å². The second-order valence-electron chi connectivity index (χ2n) is 5.45. The van der Waals surface area contributed by atoms with Gasteiger partial charge in [-0.15, -0.1) is 0 Å². The molecule has 0 spiro atoms. The number of Topliss-reactive ketones (excluding diaryl/α,β-unsaturated/α-hetero) is 1. The first-order valence-electron chi connectivity index (χ1n) is 5.76. The van der Waals surface area contributed by atoms with Crippen molar-refractivity contribution in [2.45, 2.75) is 32.0 Å². The number of methoxy groups -OCH3 is 1. The van der Waals surface area contributed by atoms with E-state index in [-0.39, 0.29) is 16.0 Å². The van der Waals surface area contributed by atoms with Gasteiger partial charge in [-0.05, 0) is 30.0 Å². The molecule has 0 aliphatic carbocycles. The SMILES string of the molecule is COc1cc(C(=O)C(Br)CC(C)(C)C)ccc1Cl. The van der Waals surface area contributed by atoms with E-state index < -0.39 is 0 Å². The van der Waals surface area contributed by atoms with Crippen molar-refractivity contribution in [3.8, 4) is 5.75 Å². The average Bonchev–Trinajstić information content (AvgIpc) is 2.26. The smallest absolute Gasteiger partial charge is 0.176 e. The van der Waals surface area contributed by atoms with E-state index in [0.29, 0.717) is 16.3 Å². The van der Waals surface area contributed by atoms with Crippen LogP contribution in [0, 0.1) is 5.41 Å². The van der Waals surface area contributed by atoms with Crippen LogP contribution in [0.15, 0.2) is 18.2 Å². The molecule has 0 amide bonds. The lowest BCUT2D eigenvalue weighted by molar-refractivity contribution is 0.0976. The quantitative estimate of drug-likeness (QED) is 0.588. The molecule has 1 rings (SSSR count). The number of carbonyl (C=O) groups is 1. The van der Waals surface area contributed by atoms with Gasteiger partial charge in [0.1, 0.15) is 5.75 Å². The number of hydrogen-bond donors (Lipinski definition) is 0. The third kappa shape index (κ3) is 4.29. The largest absolute Gasteiger partial charge is 0.495 e. The molecule has 1 aromatic carbocycles. The van der Waals surface area contributed by atoms with Crippen LogP contribution >= 0.6 is 27.5 Å². The van der Waals surface area contributed by atoms with Crippen molar-refractivity contribution in [3.05, 3.63) is 28.8 Å². The molecule has 1 unspecified atom stereocenters. The fraction of sp³-hybridized carbons (Fsp3) is 0.500. The van der Waals surface area contributed by atoms with E-state index in [1.54, 1.807) is 18.2 Å². The standard InChI is InChI=1S/C14H18BrClO2/c1-14(2,3)8-10(15)13(17)9-5-6-11(16)12(7-9)18-4/h5-7,10H,8H2,1-4H3. The summed E-state index contributed by atoms with van der Waals surface area (Å²) in [7, 11) is 1.54. The minimum absolute atomic E-state index is 0.0555. The molecule has 1 atom stereocenters. The molecule has 1 aromatic rings. The highest BCUT2D eigenvalue weighted by Gasteiger charge is 2.23. The van der Waals surface area contributed by atoms with Gasteiger partial charge in [-0.3, -0.25) is 4.79 Å². The first-order chi connectivity index (χ1) is 8.24. The molecule has 18 heavy (non-hydrogen) atoms. The first-order valence-corrected chi connectivity index (χ1v) is 7.06. The minimum atomic E-state index is -0.191. The summed E-state index contributed by atoms with van der Waals surface area (Å²) in [4.78, 5) is 12.1. The molecule has 0 fully saturated rings. The van der Waals surface area contributed by atoms with Crippen molar-refractivity contribution >= 4 is 33.3 Å². The van der Waals surface area contributed by atoms with E-state index in [4.69, 9.17) is 16.3 Å². The van der Waals surface area contributed by atoms with Crippen molar-refractivity contribution in [2.24, 2.45) is 5.41 Å². The molecule has 0 bridgehead atoms. The molecule has 0 heterocycles. The van der Waals surface area contributed by atoms with Gasteiger partial charge in [-0.25, -0.2) is 0 Å². The molecule has 0 aromatic heterocycles. The van der Waals surface area contributed by atoms with Crippen LogP contribution in [-0.4, -0.2) is 17.7 Å². The van der Waals surface area contributed by atoms with Crippen LogP contribution in [0.5, 0.6) is 5.75 Å². The lowest BCUT2D eigenvalue weighted by Gasteiger charge is -2.21. The molecule has 100 valence electrons. The Labute approximate surface area is 122 Å². The highest BCUT2D eigenvalue weighted by molar-refractivity contribution is 9.10. The van der Waals surface area contributed by atoms with Crippen molar-refractivity contribution in [3.63, 3.8) is 0 Å². The number of ether oxygens (including phenoxy) is 1. The number of ketones is 1. The summed E-state index contributed by atoms with van der Waals surface area (Å²) in [6, 6.07) is 5.09. The summed E-state index contributed by atoms with van der Waals surface area (Å²) in [6.07, 6.45) is 0.775. The van der Waals surface area contributed by atoms with Crippen LogP contribution in [0.2, 0.25) is 5.02 Å². The lowest BCUT2D eigenvalue weighted by Crippen LogP contribution is -2.21. The van der Waals surface area contributed by atoms with Gasteiger partial charge < -0.3 is 4.74 Å². The zero-order valence-electron chi connectivity index (χ0n) is 11.1. The second-order valence-corrected chi connectivity index (χ2v) is 6.96. The predicted octanol–water partition coefficient (Wildman–Crippen LogP) is 4.73. The summed E-state index contributed by atoms with van der Waals surface area (Å²) in [6.45, 7) is 6.32. The number of halogens is 2. The van der Waals surface area contributed by atoms with Gasteiger partial charge in [-0.1, -0.05) is 48.3 Å². The number of alkyl halides is 1. The zero-order valence-corrected chi connectivity index (χ0v) is 13.4. The van der Waals surface area contributed by atoms with E-state index in [1.165, 1.54) is 7.11 Å². The zero-order chi connectivity index (χ0) is 13.9. The molecule has 0 aliphatic heterocycles. The summed E-state index contributed by atoms with van der Waals surface area (Å²) < 4.78 is 5.12. The van der Waals surface area contributed by atoms with E-state index in [1.807, 2.05) is 0 Å². The number of carbonyl (C=O) groups excluding carboxylic acids is 1. The van der Waals surface area contributed by atoms with Crippen LogP contribution in [0.4, 0.5) is 0 Å². The third-order valence-electron chi connectivity index (χ3n) is 2.51. The Morgan fingerprint density at radius 2 is 2.06 bits per heavy atom. The van der Waals surface area contributed by atoms with E-state index in [9.17, 15) is 4.79 Å². The molecular weight excluding hydrogens is 316 g/mol. The molecule has 0 aliphatic rings. The van der Waals surface area contributed by atoms with Gasteiger partial charge in [-0.2, -0.15) is 0 Å². The van der Waals surface area contributed by atoms with Gasteiger partial charge in [0.05, 0.1) is 17.0 Å².